The van der Waals surface area contributed by atoms with Gasteiger partial charge in [-0.1, -0.05) is 13.8 Å². The minimum absolute atomic E-state index is 0.621. The summed E-state index contributed by atoms with van der Waals surface area (Å²) in [5, 5.41) is 3.53. The Labute approximate surface area is 107 Å². The lowest BCUT2D eigenvalue weighted by atomic mass is 10.1. The number of thioether (sulfide) groups is 1. The SMILES string of the molecule is CSCCC(C)N(C)C(C)CNCC(C)C. The monoisotopic (exact) mass is 246 g/mol. The summed E-state index contributed by atoms with van der Waals surface area (Å²) in [5.41, 5.74) is 0. The molecule has 0 radical (unpaired) electrons. The van der Waals surface area contributed by atoms with Crippen LogP contribution in [0.15, 0.2) is 0 Å². The van der Waals surface area contributed by atoms with Crippen LogP contribution < -0.4 is 5.32 Å². The Kier molecular flexibility index (Phi) is 9.47. The largest absolute Gasteiger partial charge is 0.315 e. The van der Waals surface area contributed by atoms with E-state index in [1.165, 1.54) is 12.2 Å². The van der Waals surface area contributed by atoms with Gasteiger partial charge in [-0.25, -0.2) is 0 Å². The highest BCUT2D eigenvalue weighted by atomic mass is 32.2. The van der Waals surface area contributed by atoms with Gasteiger partial charge in [0.25, 0.3) is 0 Å². The summed E-state index contributed by atoms with van der Waals surface area (Å²) in [4.78, 5) is 2.49. The molecular weight excluding hydrogens is 216 g/mol. The van der Waals surface area contributed by atoms with E-state index in [2.05, 4.69) is 51.2 Å². The summed E-state index contributed by atoms with van der Waals surface area (Å²) in [6, 6.07) is 1.30. The van der Waals surface area contributed by atoms with E-state index in [4.69, 9.17) is 0 Å². The average Bonchev–Trinajstić information content (AvgIpc) is 2.24. The second kappa shape index (κ2) is 9.32. The van der Waals surface area contributed by atoms with Crippen LogP contribution in [0.2, 0.25) is 0 Å². The highest BCUT2D eigenvalue weighted by Gasteiger charge is 2.14. The van der Waals surface area contributed by atoms with Crippen molar-refractivity contribution in [3.63, 3.8) is 0 Å². The van der Waals surface area contributed by atoms with Crippen molar-refractivity contribution in [1.29, 1.82) is 0 Å². The van der Waals surface area contributed by atoms with Crippen molar-refractivity contribution in [3.8, 4) is 0 Å². The second-order valence-electron chi connectivity index (χ2n) is 5.20. The Hall–Kier alpha value is 0.270. The van der Waals surface area contributed by atoms with Crippen LogP contribution in [0.25, 0.3) is 0 Å². The van der Waals surface area contributed by atoms with Crippen LogP contribution in [-0.2, 0) is 0 Å². The number of hydrogen-bond donors (Lipinski definition) is 1. The molecule has 0 saturated carbocycles. The van der Waals surface area contributed by atoms with Crippen molar-refractivity contribution >= 4 is 11.8 Å². The van der Waals surface area contributed by atoms with E-state index < -0.39 is 0 Å². The molecule has 1 N–H and O–H groups in total. The average molecular weight is 246 g/mol. The first-order chi connectivity index (χ1) is 7.49. The number of nitrogens with zero attached hydrogens (tertiary/aromatic N) is 1. The lowest BCUT2D eigenvalue weighted by Gasteiger charge is -2.31. The van der Waals surface area contributed by atoms with Gasteiger partial charge in [-0.3, -0.25) is 4.90 Å². The molecule has 0 bridgehead atoms. The molecule has 0 fully saturated rings. The lowest BCUT2D eigenvalue weighted by molar-refractivity contribution is 0.188. The summed E-state index contributed by atoms with van der Waals surface area (Å²) in [6.07, 6.45) is 3.46. The van der Waals surface area contributed by atoms with Gasteiger partial charge in [0.05, 0.1) is 0 Å². The number of likely N-dealkylation sites (N-methyl/N-ethyl adjacent to an activating group) is 1. The van der Waals surface area contributed by atoms with Gasteiger partial charge in [0.15, 0.2) is 0 Å². The van der Waals surface area contributed by atoms with Crippen LogP contribution in [0.5, 0.6) is 0 Å². The highest BCUT2D eigenvalue weighted by Crippen LogP contribution is 2.08. The maximum atomic E-state index is 3.53. The van der Waals surface area contributed by atoms with Gasteiger partial charge in [0.1, 0.15) is 0 Å². The molecule has 0 aromatic carbocycles. The van der Waals surface area contributed by atoms with Gasteiger partial charge in [0, 0.05) is 18.6 Å². The fourth-order valence-corrected chi connectivity index (χ4v) is 2.23. The zero-order chi connectivity index (χ0) is 12.6. The van der Waals surface area contributed by atoms with Crippen LogP contribution in [0.4, 0.5) is 0 Å². The fraction of sp³-hybridized carbons (Fsp3) is 1.00. The Balaban J connectivity index is 3.74. The van der Waals surface area contributed by atoms with Crippen LogP contribution in [0.1, 0.15) is 34.1 Å². The molecule has 16 heavy (non-hydrogen) atoms. The molecule has 98 valence electrons. The van der Waals surface area contributed by atoms with Gasteiger partial charge in [-0.05, 0) is 51.8 Å². The molecule has 0 rings (SSSR count). The van der Waals surface area contributed by atoms with Crippen LogP contribution in [0, 0.1) is 5.92 Å². The van der Waals surface area contributed by atoms with E-state index >= 15 is 0 Å². The van der Waals surface area contributed by atoms with E-state index in [9.17, 15) is 0 Å². The normalized spacial score (nSPS) is 15.8. The molecule has 0 saturated heterocycles. The molecule has 0 aromatic rings. The molecule has 0 aliphatic heterocycles. The predicted octanol–water partition coefficient (Wildman–Crippen LogP) is 2.69. The molecule has 0 amide bonds. The molecule has 3 heteroatoms. The molecular formula is C13H30N2S. The van der Waals surface area contributed by atoms with E-state index in [0.717, 1.165) is 19.0 Å². The maximum Gasteiger partial charge on any atom is 0.0192 e. The molecule has 2 unspecified atom stereocenters. The summed E-state index contributed by atoms with van der Waals surface area (Å²) in [7, 11) is 2.24. The Morgan fingerprint density at radius 2 is 1.69 bits per heavy atom. The molecule has 0 aliphatic carbocycles. The summed E-state index contributed by atoms with van der Waals surface area (Å²) < 4.78 is 0. The minimum atomic E-state index is 0.621. The zero-order valence-corrected chi connectivity index (χ0v) is 12.7. The zero-order valence-electron chi connectivity index (χ0n) is 11.9. The van der Waals surface area contributed by atoms with Gasteiger partial charge >= 0.3 is 0 Å². The van der Waals surface area contributed by atoms with Crippen LogP contribution >= 0.6 is 11.8 Å². The van der Waals surface area contributed by atoms with E-state index in [1.807, 2.05) is 11.8 Å². The molecule has 0 spiro atoms. The van der Waals surface area contributed by atoms with Crippen molar-refractivity contribution in [2.24, 2.45) is 5.92 Å². The van der Waals surface area contributed by atoms with Crippen molar-refractivity contribution in [2.75, 3.05) is 32.1 Å². The summed E-state index contributed by atoms with van der Waals surface area (Å²) in [5.74, 6) is 2.00. The number of hydrogen-bond acceptors (Lipinski definition) is 3. The van der Waals surface area contributed by atoms with Gasteiger partial charge in [-0.15, -0.1) is 0 Å². The Morgan fingerprint density at radius 1 is 1.06 bits per heavy atom. The third-order valence-corrected chi connectivity index (χ3v) is 3.77. The van der Waals surface area contributed by atoms with E-state index in [-0.39, 0.29) is 0 Å². The summed E-state index contributed by atoms with van der Waals surface area (Å²) >= 11 is 1.94. The predicted molar refractivity (Wildman–Crippen MR) is 77.4 cm³/mol. The van der Waals surface area contributed by atoms with Gasteiger partial charge in [0.2, 0.25) is 0 Å². The highest BCUT2D eigenvalue weighted by molar-refractivity contribution is 7.98. The van der Waals surface area contributed by atoms with E-state index in [0.29, 0.717) is 12.1 Å². The number of rotatable bonds is 9. The molecule has 0 heterocycles. The first-order valence-electron chi connectivity index (χ1n) is 6.40. The second-order valence-corrected chi connectivity index (χ2v) is 6.18. The third kappa shape index (κ3) is 7.53. The molecule has 2 nitrogen and oxygen atoms in total. The minimum Gasteiger partial charge on any atom is -0.315 e. The first-order valence-corrected chi connectivity index (χ1v) is 7.80. The van der Waals surface area contributed by atoms with Crippen molar-refractivity contribution in [3.05, 3.63) is 0 Å². The van der Waals surface area contributed by atoms with Crippen molar-refractivity contribution in [2.45, 2.75) is 46.2 Å². The molecule has 0 aliphatic rings. The Bertz CT molecular complexity index is 162. The summed E-state index contributed by atoms with van der Waals surface area (Å²) in [6.45, 7) is 11.4. The van der Waals surface area contributed by atoms with E-state index in [1.54, 1.807) is 0 Å². The topological polar surface area (TPSA) is 15.3 Å². The quantitative estimate of drug-likeness (QED) is 0.673. The molecule has 2 atom stereocenters. The first kappa shape index (κ1) is 16.3. The fourth-order valence-electron chi connectivity index (χ4n) is 1.65. The standard InChI is InChI=1S/C13H30N2S/c1-11(2)9-14-10-13(4)15(5)12(3)7-8-16-6/h11-14H,7-10H2,1-6H3. The van der Waals surface area contributed by atoms with Crippen LogP contribution in [0.3, 0.4) is 0 Å². The third-order valence-electron chi connectivity index (χ3n) is 3.12. The Morgan fingerprint density at radius 3 is 2.19 bits per heavy atom. The van der Waals surface area contributed by atoms with Crippen molar-refractivity contribution < 1.29 is 0 Å². The van der Waals surface area contributed by atoms with Gasteiger partial charge in [-0.2, -0.15) is 11.8 Å². The molecule has 0 aromatic heterocycles. The smallest absolute Gasteiger partial charge is 0.0192 e. The lowest BCUT2D eigenvalue weighted by Crippen LogP contribution is -2.43. The van der Waals surface area contributed by atoms with Crippen molar-refractivity contribution in [1.82, 2.24) is 10.2 Å². The van der Waals surface area contributed by atoms with Gasteiger partial charge < -0.3 is 5.32 Å². The van der Waals surface area contributed by atoms with Crippen LogP contribution in [-0.4, -0.2) is 49.1 Å². The maximum absolute atomic E-state index is 3.53. The number of nitrogens with one attached hydrogen (secondary N) is 1.